The van der Waals surface area contributed by atoms with Crippen LogP contribution in [-0.4, -0.2) is 33.1 Å². The molecule has 2 aliphatic rings. The lowest BCUT2D eigenvalue weighted by atomic mass is 10.1. The minimum atomic E-state index is -0.330. The topological polar surface area (TPSA) is 80.1 Å². The Morgan fingerprint density at radius 2 is 2.00 bits per heavy atom. The van der Waals surface area contributed by atoms with Gasteiger partial charge in [-0.05, 0) is 43.4 Å². The van der Waals surface area contributed by atoms with Gasteiger partial charge >= 0.3 is 0 Å². The van der Waals surface area contributed by atoms with Gasteiger partial charge in [0.2, 0.25) is 11.8 Å². The van der Waals surface area contributed by atoms with E-state index in [0.717, 1.165) is 49.6 Å². The fourth-order valence-corrected chi connectivity index (χ4v) is 4.34. The van der Waals surface area contributed by atoms with Crippen molar-refractivity contribution in [1.82, 2.24) is 20.1 Å². The van der Waals surface area contributed by atoms with Gasteiger partial charge in [0.15, 0.2) is 5.82 Å². The number of hydrogen-bond acceptors (Lipinski definition) is 4. The van der Waals surface area contributed by atoms with Gasteiger partial charge in [-0.15, -0.1) is 10.2 Å². The number of hydrogen-bond donors (Lipinski definition) is 1. The number of benzene rings is 1. The summed E-state index contributed by atoms with van der Waals surface area (Å²) in [4.78, 5) is 27.0. The van der Waals surface area contributed by atoms with E-state index in [0.29, 0.717) is 13.1 Å². The van der Waals surface area contributed by atoms with Crippen LogP contribution in [0.25, 0.3) is 0 Å². The normalized spacial score (nSPS) is 18.9. The van der Waals surface area contributed by atoms with Crippen molar-refractivity contribution in [2.75, 3.05) is 11.4 Å². The average molecular weight is 410 g/mol. The Kier molecular flexibility index (Phi) is 6.45. The second kappa shape index (κ2) is 9.41. The molecule has 4 rings (SSSR count). The van der Waals surface area contributed by atoms with Crippen LogP contribution in [-0.2, 0) is 35.5 Å². The van der Waals surface area contributed by atoms with Crippen molar-refractivity contribution in [3.05, 3.63) is 41.5 Å². The van der Waals surface area contributed by atoms with Gasteiger partial charge < -0.3 is 14.8 Å². The van der Waals surface area contributed by atoms with Crippen molar-refractivity contribution in [3.63, 3.8) is 0 Å². The molecule has 1 unspecified atom stereocenters. The summed E-state index contributed by atoms with van der Waals surface area (Å²) in [5, 5.41) is 11.5. The monoisotopic (exact) mass is 409 g/mol. The molecule has 7 heteroatoms. The minimum Gasteiger partial charge on any atom is -0.348 e. The molecule has 1 atom stereocenters. The van der Waals surface area contributed by atoms with E-state index in [1.807, 2.05) is 12.1 Å². The Hall–Kier alpha value is -2.70. The number of nitrogens with zero attached hydrogens (tertiary/aromatic N) is 4. The molecule has 2 aromatic rings. The van der Waals surface area contributed by atoms with E-state index in [4.69, 9.17) is 0 Å². The first-order valence-electron chi connectivity index (χ1n) is 11.2. The van der Waals surface area contributed by atoms with Gasteiger partial charge in [0.1, 0.15) is 5.82 Å². The van der Waals surface area contributed by atoms with Crippen LogP contribution in [0.2, 0.25) is 0 Å². The van der Waals surface area contributed by atoms with Crippen molar-refractivity contribution in [2.45, 2.75) is 71.4 Å². The van der Waals surface area contributed by atoms with Crippen LogP contribution in [0.1, 0.15) is 62.7 Å². The first-order chi connectivity index (χ1) is 14.7. The number of carbonyl (C=O) groups is 2. The van der Waals surface area contributed by atoms with Gasteiger partial charge in [0.25, 0.3) is 0 Å². The fraction of sp³-hybridized carbons (Fsp3) is 0.565. The lowest BCUT2D eigenvalue weighted by Crippen LogP contribution is -2.33. The third-order valence-electron chi connectivity index (χ3n) is 6.17. The zero-order valence-corrected chi connectivity index (χ0v) is 17.8. The molecule has 1 fully saturated rings. The van der Waals surface area contributed by atoms with Crippen LogP contribution in [0.5, 0.6) is 0 Å². The smallest absolute Gasteiger partial charge is 0.227 e. The number of rotatable bonds is 7. The molecule has 7 nitrogen and oxygen atoms in total. The lowest BCUT2D eigenvalue weighted by molar-refractivity contribution is -0.126. The van der Waals surface area contributed by atoms with Crippen molar-refractivity contribution in [3.8, 4) is 0 Å². The van der Waals surface area contributed by atoms with Crippen molar-refractivity contribution < 1.29 is 9.59 Å². The summed E-state index contributed by atoms with van der Waals surface area (Å²) in [7, 11) is 0. The zero-order chi connectivity index (χ0) is 20.9. The Balaban J connectivity index is 1.34. The van der Waals surface area contributed by atoms with Gasteiger partial charge in [0, 0.05) is 31.6 Å². The molecule has 0 bridgehead atoms. The molecular weight excluding hydrogens is 378 g/mol. The number of fused-ring (bicyclic) bond motifs is 1. The summed E-state index contributed by atoms with van der Waals surface area (Å²) in [6.45, 7) is 3.89. The summed E-state index contributed by atoms with van der Waals surface area (Å²) >= 11 is 0. The largest absolute Gasteiger partial charge is 0.348 e. The predicted octanol–water partition coefficient (Wildman–Crippen LogP) is 3.02. The Labute approximate surface area is 177 Å². The van der Waals surface area contributed by atoms with E-state index in [9.17, 15) is 9.59 Å². The maximum Gasteiger partial charge on any atom is 0.227 e. The highest BCUT2D eigenvalue weighted by Crippen LogP contribution is 2.26. The summed E-state index contributed by atoms with van der Waals surface area (Å²) in [6.07, 6.45) is 8.06. The highest BCUT2D eigenvalue weighted by atomic mass is 16.2. The zero-order valence-electron chi connectivity index (χ0n) is 17.8. The van der Waals surface area contributed by atoms with Crippen molar-refractivity contribution in [1.29, 1.82) is 0 Å². The first-order valence-corrected chi connectivity index (χ1v) is 11.2. The molecule has 160 valence electrons. The molecule has 0 aliphatic carbocycles. The SMILES string of the molecule is CCCCc1ccc(N2CC(C(=O)NCc3nnc4n3CCCCC4)CC2=O)cc1. The summed E-state index contributed by atoms with van der Waals surface area (Å²) in [6, 6.07) is 8.16. The van der Waals surface area contributed by atoms with Gasteiger partial charge in [-0.3, -0.25) is 9.59 Å². The number of anilines is 1. The van der Waals surface area contributed by atoms with Crippen LogP contribution in [0, 0.1) is 5.92 Å². The van der Waals surface area contributed by atoms with Gasteiger partial charge in [-0.2, -0.15) is 0 Å². The molecule has 2 amide bonds. The molecule has 30 heavy (non-hydrogen) atoms. The molecule has 1 saturated heterocycles. The second-order valence-electron chi connectivity index (χ2n) is 8.39. The summed E-state index contributed by atoms with van der Waals surface area (Å²) < 4.78 is 2.14. The predicted molar refractivity (Wildman–Crippen MR) is 115 cm³/mol. The van der Waals surface area contributed by atoms with Gasteiger partial charge in [-0.25, -0.2) is 0 Å². The van der Waals surface area contributed by atoms with Crippen LogP contribution >= 0.6 is 0 Å². The summed E-state index contributed by atoms with van der Waals surface area (Å²) in [5.41, 5.74) is 2.16. The molecule has 0 saturated carbocycles. The Morgan fingerprint density at radius 3 is 2.80 bits per heavy atom. The van der Waals surface area contributed by atoms with E-state index in [2.05, 4.69) is 39.1 Å². The van der Waals surface area contributed by atoms with Crippen molar-refractivity contribution >= 4 is 17.5 Å². The molecular formula is C23H31N5O2. The highest BCUT2D eigenvalue weighted by molar-refractivity contribution is 6.00. The number of amides is 2. The Morgan fingerprint density at radius 1 is 1.17 bits per heavy atom. The lowest BCUT2D eigenvalue weighted by Gasteiger charge is -2.17. The van der Waals surface area contributed by atoms with E-state index in [1.165, 1.54) is 24.8 Å². The molecule has 1 N–H and O–H groups in total. The van der Waals surface area contributed by atoms with E-state index < -0.39 is 0 Å². The van der Waals surface area contributed by atoms with Crippen LogP contribution in [0.3, 0.4) is 0 Å². The van der Waals surface area contributed by atoms with Crippen molar-refractivity contribution in [2.24, 2.45) is 5.92 Å². The summed E-state index contributed by atoms with van der Waals surface area (Å²) in [5.74, 6) is 1.42. The third kappa shape index (κ3) is 4.55. The Bertz CT molecular complexity index is 889. The number of carbonyl (C=O) groups excluding carboxylic acids is 2. The maximum atomic E-state index is 12.7. The number of aromatic nitrogens is 3. The molecule has 3 heterocycles. The highest BCUT2D eigenvalue weighted by Gasteiger charge is 2.35. The minimum absolute atomic E-state index is 0.00722. The van der Waals surface area contributed by atoms with Crippen LogP contribution in [0.15, 0.2) is 24.3 Å². The molecule has 1 aromatic heterocycles. The molecule has 0 spiro atoms. The molecule has 1 aromatic carbocycles. The standard InChI is InChI=1S/C23H31N5O2/c1-2-3-7-17-9-11-19(12-10-17)28-16-18(14-22(28)29)23(30)24-15-21-26-25-20-8-5-4-6-13-27(20)21/h9-12,18H,2-8,13-16H2,1H3,(H,24,30). The van der Waals surface area contributed by atoms with Crippen LogP contribution in [0.4, 0.5) is 5.69 Å². The number of nitrogens with one attached hydrogen (secondary N) is 1. The van der Waals surface area contributed by atoms with E-state index >= 15 is 0 Å². The first kappa shape index (κ1) is 20.6. The third-order valence-corrected chi connectivity index (χ3v) is 6.17. The number of aryl methyl sites for hydroxylation is 2. The fourth-order valence-electron chi connectivity index (χ4n) is 4.34. The second-order valence-corrected chi connectivity index (χ2v) is 8.39. The van der Waals surface area contributed by atoms with Gasteiger partial charge in [0.05, 0.1) is 12.5 Å². The van der Waals surface area contributed by atoms with E-state index in [1.54, 1.807) is 4.90 Å². The van der Waals surface area contributed by atoms with E-state index in [-0.39, 0.29) is 24.2 Å². The average Bonchev–Trinajstić information content (AvgIpc) is 3.25. The quantitative estimate of drug-likeness (QED) is 0.762. The van der Waals surface area contributed by atoms with Gasteiger partial charge in [-0.1, -0.05) is 31.9 Å². The molecule has 2 aliphatic heterocycles. The number of unbranched alkanes of at least 4 members (excludes halogenated alkanes) is 1. The maximum absolute atomic E-state index is 12.7. The molecule has 0 radical (unpaired) electrons. The van der Waals surface area contributed by atoms with Crippen LogP contribution < -0.4 is 10.2 Å².